The Balaban J connectivity index is 1.65. The van der Waals surface area contributed by atoms with Crippen LogP contribution in [0.4, 0.5) is 0 Å². The van der Waals surface area contributed by atoms with Gasteiger partial charge in [-0.3, -0.25) is 14.5 Å². The SMILES string of the molecule is CNC(=O)c1ccccc1Sc1ccc2c(/C=C/c3ccccn3)n(C)nc2c1. The predicted octanol–water partition coefficient (Wildman–Crippen LogP) is 4.65. The number of aromatic nitrogens is 3. The summed E-state index contributed by atoms with van der Waals surface area (Å²) in [6, 6.07) is 19.6. The highest BCUT2D eigenvalue weighted by Crippen LogP contribution is 2.33. The number of fused-ring (bicyclic) bond motifs is 1. The van der Waals surface area contributed by atoms with E-state index in [1.54, 1.807) is 25.0 Å². The third-order valence-electron chi connectivity index (χ3n) is 4.54. The molecule has 0 saturated heterocycles. The molecule has 0 aliphatic carbocycles. The van der Waals surface area contributed by atoms with Crippen LogP contribution in [-0.2, 0) is 7.05 Å². The van der Waals surface area contributed by atoms with Gasteiger partial charge in [0, 0.05) is 35.5 Å². The van der Waals surface area contributed by atoms with E-state index in [2.05, 4.69) is 33.6 Å². The molecule has 0 atom stereocenters. The molecule has 0 fully saturated rings. The summed E-state index contributed by atoms with van der Waals surface area (Å²) in [4.78, 5) is 18.4. The van der Waals surface area contributed by atoms with Crippen molar-refractivity contribution in [2.24, 2.45) is 7.05 Å². The van der Waals surface area contributed by atoms with Crippen LogP contribution in [-0.4, -0.2) is 27.7 Å². The Labute approximate surface area is 173 Å². The van der Waals surface area contributed by atoms with Crippen LogP contribution in [0.3, 0.4) is 0 Å². The topological polar surface area (TPSA) is 59.8 Å². The molecule has 144 valence electrons. The number of aryl methyl sites for hydroxylation is 1. The quantitative estimate of drug-likeness (QED) is 0.530. The summed E-state index contributed by atoms with van der Waals surface area (Å²) in [5, 5.41) is 8.42. The van der Waals surface area contributed by atoms with Gasteiger partial charge in [-0.2, -0.15) is 5.10 Å². The lowest BCUT2D eigenvalue weighted by atomic mass is 10.2. The van der Waals surface area contributed by atoms with Gasteiger partial charge in [0.15, 0.2) is 0 Å². The second kappa shape index (κ2) is 8.32. The van der Waals surface area contributed by atoms with Gasteiger partial charge in [-0.25, -0.2) is 0 Å². The summed E-state index contributed by atoms with van der Waals surface area (Å²) in [6.45, 7) is 0. The largest absolute Gasteiger partial charge is 0.355 e. The Kier molecular flexibility index (Phi) is 5.44. The van der Waals surface area contributed by atoms with Crippen molar-refractivity contribution in [2.45, 2.75) is 9.79 Å². The molecule has 0 bridgehead atoms. The number of rotatable bonds is 5. The number of hydrogen-bond acceptors (Lipinski definition) is 4. The van der Waals surface area contributed by atoms with Gasteiger partial charge in [-0.05, 0) is 54.6 Å². The third kappa shape index (κ3) is 4.07. The highest BCUT2D eigenvalue weighted by molar-refractivity contribution is 7.99. The smallest absolute Gasteiger partial charge is 0.252 e. The first-order valence-corrected chi connectivity index (χ1v) is 10.0. The Hall–Kier alpha value is -3.38. The number of hydrogen-bond donors (Lipinski definition) is 1. The Bertz CT molecular complexity index is 1200. The fraction of sp³-hybridized carbons (Fsp3) is 0.0870. The zero-order chi connectivity index (χ0) is 20.2. The van der Waals surface area contributed by atoms with Gasteiger partial charge < -0.3 is 5.32 Å². The zero-order valence-corrected chi connectivity index (χ0v) is 17.0. The summed E-state index contributed by atoms with van der Waals surface area (Å²) in [5.41, 5.74) is 3.50. The average molecular weight is 401 g/mol. The molecule has 2 aromatic heterocycles. The van der Waals surface area contributed by atoms with Gasteiger partial charge in [-0.15, -0.1) is 0 Å². The summed E-state index contributed by atoms with van der Waals surface area (Å²) in [5.74, 6) is -0.0889. The predicted molar refractivity (Wildman–Crippen MR) is 118 cm³/mol. The Morgan fingerprint density at radius 2 is 1.90 bits per heavy atom. The van der Waals surface area contributed by atoms with Gasteiger partial charge in [0.2, 0.25) is 0 Å². The summed E-state index contributed by atoms with van der Waals surface area (Å²) in [6.07, 6.45) is 5.80. The van der Waals surface area contributed by atoms with Gasteiger partial charge in [-0.1, -0.05) is 30.0 Å². The van der Waals surface area contributed by atoms with Crippen LogP contribution in [0.2, 0.25) is 0 Å². The van der Waals surface area contributed by atoms with E-state index < -0.39 is 0 Å². The summed E-state index contributed by atoms with van der Waals surface area (Å²) >= 11 is 1.56. The van der Waals surface area contributed by atoms with Crippen molar-refractivity contribution < 1.29 is 4.79 Å². The molecule has 29 heavy (non-hydrogen) atoms. The van der Waals surface area contributed by atoms with E-state index in [0.717, 1.165) is 32.1 Å². The zero-order valence-electron chi connectivity index (χ0n) is 16.2. The molecule has 2 heterocycles. The highest BCUT2D eigenvalue weighted by Gasteiger charge is 2.12. The molecule has 0 radical (unpaired) electrons. The molecular formula is C23H20N4OS. The molecule has 0 spiro atoms. The molecule has 4 rings (SSSR count). The van der Waals surface area contributed by atoms with E-state index in [1.165, 1.54) is 0 Å². The first-order chi connectivity index (χ1) is 14.2. The molecular weight excluding hydrogens is 380 g/mol. The van der Waals surface area contributed by atoms with Crippen LogP contribution in [0, 0.1) is 0 Å². The van der Waals surface area contributed by atoms with Gasteiger partial charge in [0.05, 0.1) is 22.5 Å². The first kappa shape index (κ1) is 19.0. The monoisotopic (exact) mass is 400 g/mol. The standard InChI is InChI=1S/C23H20N4OS/c1-24-23(28)19-8-3-4-9-22(19)29-17-11-12-18-20(15-17)26-27(2)21(18)13-10-16-7-5-6-14-25-16/h3-15H,1-2H3,(H,24,28)/b13-10+. The lowest BCUT2D eigenvalue weighted by Gasteiger charge is -2.07. The number of amides is 1. The van der Waals surface area contributed by atoms with Gasteiger partial charge in [0.1, 0.15) is 0 Å². The van der Waals surface area contributed by atoms with Crippen LogP contribution >= 0.6 is 11.8 Å². The maximum Gasteiger partial charge on any atom is 0.252 e. The number of nitrogens with one attached hydrogen (secondary N) is 1. The van der Waals surface area contributed by atoms with E-state index >= 15 is 0 Å². The van der Waals surface area contributed by atoms with E-state index in [0.29, 0.717) is 5.56 Å². The molecule has 0 aliphatic rings. The molecule has 5 nitrogen and oxygen atoms in total. The van der Waals surface area contributed by atoms with Crippen LogP contribution in [0.1, 0.15) is 21.7 Å². The van der Waals surface area contributed by atoms with E-state index in [1.807, 2.05) is 66.3 Å². The van der Waals surface area contributed by atoms with Crippen molar-refractivity contribution in [3.63, 3.8) is 0 Å². The summed E-state index contributed by atoms with van der Waals surface area (Å²) in [7, 11) is 3.58. The molecule has 0 unspecified atom stereocenters. The minimum Gasteiger partial charge on any atom is -0.355 e. The third-order valence-corrected chi connectivity index (χ3v) is 5.60. The highest BCUT2D eigenvalue weighted by atomic mass is 32.2. The maximum absolute atomic E-state index is 12.1. The number of nitrogens with zero attached hydrogens (tertiary/aromatic N) is 3. The number of carbonyl (C=O) groups is 1. The molecule has 0 saturated carbocycles. The van der Waals surface area contributed by atoms with E-state index in [4.69, 9.17) is 0 Å². The minimum atomic E-state index is -0.0889. The van der Waals surface area contributed by atoms with Crippen molar-refractivity contribution in [3.8, 4) is 0 Å². The van der Waals surface area contributed by atoms with E-state index in [9.17, 15) is 4.79 Å². The molecule has 4 aromatic rings. The van der Waals surface area contributed by atoms with Crippen molar-refractivity contribution in [3.05, 3.63) is 83.8 Å². The van der Waals surface area contributed by atoms with E-state index in [-0.39, 0.29) is 5.91 Å². The molecule has 0 aliphatic heterocycles. The normalized spacial score (nSPS) is 11.2. The van der Waals surface area contributed by atoms with Crippen molar-refractivity contribution >= 4 is 40.7 Å². The Morgan fingerprint density at radius 1 is 1.07 bits per heavy atom. The fourth-order valence-corrected chi connectivity index (χ4v) is 4.08. The minimum absolute atomic E-state index is 0.0889. The summed E-state index contributed by atoms with van der Waals surface area (Å²) < 4.78 is 1.87. The van der Waals surface area contributed by atoms with Gasteiger partial charge >= 0.3 is 0 Å². The number of benzene rings is 2. The fourth-order valence-electron chi connectivity index (χ4n) is 3.11. The molecule has 6 heteroatoms. The van der Waals surface area contributed by atoms with Crippen molar-refractivity contribution in [2.75, 3.05) is 7.05 Å². The average Bonchev–Trinajstić information content (AvgIpc) is 3.07. The van der Waals surface area contributed by atoms with Crippen molar-refractivity contribution in [1.29, 1.82) is 0 Å². The lowest BCUT2D eigenvalue weighted by molar-refractivity contribution is 0.0960. The van der Waals surface area contributed by atoms with Crippen LogP contribution < -0.4 is 5.32 Å². The van der Waals surface area contributed by atoms with Crippen LogP contribution in [0.25, 0.3) is 23.1 Å². The second-order valence-corrected chi connectivity index (χ2v) is 7.57. The van der Waals surface area contributed by atoms with Crippen molar-refractivity contribution in [1.82, 2.24) is 20.1 Å². The second-order valence-electron chi connectivity index (χ2n) is 6.45. The van der Waals surface area contributed by atoms with Crippen LogP contribution in [0.15, 0.2) is 76.7 Å². The first-order valence-electron chi connectivity index (χ1n) is 9.20. The maximum atomic E-state index is 12.1. The number of carbonyl (C=O) groups excluding carboxylic acids is 1. The lowest BCUT2D eigenvalue weighted by Crippen LogP contribution is -2.18. The Morgan fingerprint density at radius 3 is 2.69 bits per heavy atom. The number of pyridine rings is 1. The molecule has 1 amide bonds. The van der Waals surface area contributed by atoms with Crippen LogP contribution in [0.5, 0.6) is 0 Å². The van der Waals surface area contributed by atoms with Gasteiger partial charge in [0.25, 0.3) is 5.91 Å². The molecule has 2 aromatic carbocycles. The molecule has 1 N–H and O–H groups in total.